The van der Waals surface area contributed by atoms with Gasteiger partial charge in [0, 0.05) is 55.4 Å². The van der Waals surface area contributed by atoms with E-state index >= 15 is 0 Å². The van der Waals surface area contributed by atoms with E-state index < -0.39 is 6.09 Å². The molecule has 2 aromatic heterocycles. The van der Waals surface area contributed by atoms with Gasteiger partial charge in [0.25, 0.3) is 0 Å². The highest BCUT2D eigenvalue weighted by molar-refractivity contribution is 5.67. The van der Waals surface area contributed by atoms with Crippen LogP contribution in [0, 0.1) is 5.41 Å². The second kappa shape index (κ2) is 7.30. The molecule has 9 heteroatoms. The second-order valence-corrected chi connectivity index (χ2v) is 9.44. The SMILES string of the molecule is CC(C)c1cnn2c(NC3CC4(C3)CN(C(=O)O)C4)cc(NC3CCOCC3)nc12. The molecule has 0 bridgehead atoms. The van der Waals surface area contributed by atoms with Crippen LogP contribution in [0.2, 0.25) is 0 Å². The quantitative estimate of drug-likeness (QED) is 0.691. The molecule has 0 unspecified atom stereocenters. The zero-order valence-corrected chi connectivity index (χ0v) is 17.6. The average Bonchev–Trinajstić information content (AvgIpc) is 3.07. The molecule has 30 heavy (non-hydrogen) atoms. The first-order valence-corrected chi connectivity index (χ1v) is 10.9. The fraction of sp³-hybridized carbons (Fsp3) is 0.667. The Balaban J connectivity index is 1.35. The maximum absolute atomic E-state index is 11.1. The minimum absolute atomic E-state index is 0.165. The Morgan fingerprint density at radius 3 is 2.63 bits per heavy atom. The van der Waals surface area contributed by atoms with Gasteiger partial charge in [-0.25, -0.2) is 9.78 Å². The van der Waals surface area contributed by atoms with E-state index in [0.29, 0.717) is 31.1 Å². The summed E-state index contributed by atoms with van der Waals surface area (Å²) in [6.07, 6.45) is 5.04. The van der Waals surface area contributed by atoms with E-state index in [1.54, 1.807) is 0 Å². The van der Waals surface area contributed by atoms with E-state index in [9.17, 15) is 4.79 Å². The van der Waals surface area contributed by atoms with E-state index in [-0.39, 0.29) is 5.41 Å². The van der Waals surface area contributed by atoms with E-state index in [4.69, 9.17) is 14.8 Å². The van der Waals surface area contributed by atoms with Gasteiger partial charge >= 0.3 is 6.09 Å². The third-order valence-corrected chi connectivity index (χ3v) is 6.73. The molecule has 3 aliphatic rings. The summed E-state index contributed by atoms with van der Waals surface area (Å²) in [5, 5.41) is 20.9. The van der Waals surface area contributed by atoms with Crippen LogP contribution in [0.25, 0.3) is 5.65 Å². The normalized spacial score (nSPS) is 21.6. The number of aromatic nitrogens is 3. The third kappa shape index (κ3) is 3.45. The number of likely N-dealkylation sites (tertiary alicyclic amines) is 1. The molecule has 2 aromatic rings. The molecule has 3 fully saturated rings. The molecule has 4 heterocycles. The molecule has 1 aliphatic carbocycles. The van der Waals surface area contributed by atoms with Gasteiger partial charge in [0.05, 0.1) is 6.20 Å². The van der Waals surface area contributed by atoms with Gasteiger partial charge in [0.2, 0.25) is 0 Å². The molecule has 0 atom stereocenters. The maximum atomic E-state index is 11.1. The summed E-state index contributed by atoms with van der Waals surface area (Å²) in [6.45, 7) is 7.19. The van der Waals surface area contributed by atoms with Gasteiger partial charge in [-0.05, 0) is 31.6 Å². The van der Waals surface area contributed by atoms with Gasteiger partial charge in [-0.1, -0.05) is 13.8 Å². The number of ether oxygens (including phenoxy) is 1. The topological polar surface area (TPSA) is 104 Å². The number of carbonyl (C=O) groups is 1. The maximum Gasteiger partial charge on any atom is 0.407 e. The van der Waals surface area contributed by atoms with Crippen molar-refractivity contribution in [1.29, 1.82) is 0 Å². The number of fused-ring (bicyclic) bond motifs is 1. The van der Waals surface area contributed by atoms with Crippen LogP contribution in [0.5, 0.6) is 0 Å². The van der Waals surface area contributed by atoms with Gasteiger partial charge < -0.3 is 25.4 Å². The molecule has 3 N–H and O–H groups in total. The Morgan fingerprint density at radius 2 is 1.97 bits per heavy atom. The van der Waals surface area contributed by atoms with Crippen molar-refractivity contribution in [3.05, 3.63) is 17.8 Å². The molecule has 1 amide bonds. The van der Waals surface area contributed by atoms with Crippen LogP contribution in [0.3, 0.4) is 0 Å². The summed E-state index contributed by atoms with van der Waals surface area (Å²) < 4.78 is 7.38. The first-order chi connectivity index (χ1) is 14.4. The molecular formula is C21H30N6O3. The van der Waals surface area contributed by atoms with Crippen LogP contribution in [-0.2, 0) is 4.74 Å². The van der Waals surface area contributed by atoms with Gasteiger partial charge in [0.15, 0.2) is 5.65 Å². The van der Waals surface area contributed by atoms with Crippen LogP contribution in [0.4, 0.5) is 16.4 Å². The lowest BCUT2D eigenvalue weighted by molar-refractivity contribution is -0.0520. The van der Waals surface area contributed by atoms with E-state index in [1.807, 2.05) is 10.7 Å². The summed E-state index contributed by atoms with van der Waals surface area (Å²) in [6, 6.07) is 2.75. The van der Waals surface area contributed by atoms with E-state index in [0.717, 1.165) is 61.7 Å². The Labute approximate surface area is 175 Å². The average molecular weight is 415 g/mol. The third-order valence-electron chi connectivity index (χ3n) is 6.73. The number of anilines is 2. The summed E-state index contributed by atoms with van der Waals surface area (Å²) in [4.78, 5) is 17.4. The number of rotatable bonds is 5. The highest BCUT2D eigenvalue weighted by Gasteiger charge is 2.54. The van der Waals surface area contributed by atoms with Crippen molar-refractivity contribution in [3.63, 3.8) is 0 Å². The highest BCUT2D eigenvalue weighted by Crippen LogP contribution is 2.49. The molecule has 9 nitrogen and oxygen atoms in total. The molecule has 5 rings (SSSR count). The minimum atomic E-state index is -0.811. The zero-order valence-electron chi connectivity index (χ0n) is 17.6. The van der Waals surface area contributed by atoms with Crippen LogP contribution >= 0.6 is 0 Å². The number of amides is 1. The zero-order chi connectivity index (χ0) is 20.9. The summed E-state index contributed by atoms with van der Waals surface area (Å²) >= 11 is 0. The summed E-state index contributed by atoms with van der Waals surface area (Å²) in [7, 11) is 0. The molecule has 0 aromatic carbocycles. The number of carboxylic acid groups (broad SMARTS) is 1. The number of hydrogen-bond donors (Lipinski definition) is 3. The van der Waals surface area contributed by atoms with Crippen molar-refractivity contribution >= 4 is 23.4 Å². The van der Waals surface area contributed by atoms with Crippen LogP contribution in [0.15, 0.2) is 12.3 Å². The number of hydrogen-bond acceptors (Lipinski definition) is 6. The van der Waals surface area contributed by atoms with Crippen LogP contribution in [-0.4, -0.2) is 69.1 Å². The Bertz CT molecular complexity index is 938. The van der Waals surface area contributed by atoms with Crippen molar-refractivity contribution in [3.8, 4) is 0 Å². The number of nitrogens with zero attached hydrogens (tertiary/aromatic N) is 4. The van der Waals surface area contributed by atoms with Crippen molar-refractivity contribution < 1.29 is 14.6 Å². The van der Waals surface area contributed by atoms with Gasteiger partial charge in [0.1, 0.15) is 11.6 Å². The first kappa shape index (κ1) is 19.4. The largest absolute Gasteiger partial charge is 0.465 e. The Morgan fingerprint density at radius 1 is 1.23 bits per heavy atom. The highest BCUT2D eigenvalue weighted by atomic mass is 16.5. The lowest BCUT2D eigenvalue weighted by atomic mass is 9.61. The summed E-state index contributed by atoms with van der Waals surface area (Å²) in [5.74, 6) is 2.15. The van der Waals surface area contributed by atoms with Crippen molar-refractivity contribution in [1.82, 2.24) is 19.5 Å². The van der Waals surface area contributed by atoms with E-state index in [1.165, 1.54) is 4.90 Å². The predicted octanol–water partition coefficient (Wildman–Crippen LogP) is 3.00. The Kier molecular flexibility index (Phi) is 4.72. The molecule has 1 spiro atoms. The fourth-order valence-electron chi connectivity index (χ4n) is 5.07. The lowest BCUT2D eigenvalue weighted by Gasteiger charge is -2.58. The Hall–Kier alpha value is -2.55. The van der Waals surface area contributed by atoms with Gasteiger partial charge in [-0.2, -0.15) is 9.61 Å². The molecule has 2 aliphatic heterocycles. The first-order valence-electron chi connectivity index (χ1n) is 10.9. The number of nitrogens with one attached hydrogen (secondary N) is 2. The molecule has 0 radical (unpaired) electrons. The predicted molar refractivity (Wildman–Crippen MR) is 113 cm³/mol. The smallest absolute Gasteiger partial charge is 0.407 e. The fourth-order valence-corrected chi connectivity index (χ4v) is 5.07. The lowest BCUT2D eigenvalue weighted by Crippen LogP contribution is -2.66. The van der Waals surface area contributed by atoms with E-state index in [2.05, 4.69) is 35.6 Å². The monoisotopic (exact) mass is 414 g/mol. The van der Waals surface area contributed by atoms with Crippen molar-refractivity contribution in [2.45, 2.75) is 57.5 Å². The van der Waals surface area contributed by atoms with Gasteiger partial charge in [-0.15, -0.1) is 0 Å². The standard InChI is InChI=1S/C21H30N6O3/c1-13(2)16-10-22-27-18(24-15-8-21(9-15)11-26(12-21)20(28)29)7-17(25-19(16)27)23-14-3-5-30-6-4-14/h7,10,13-15,24H,3-6,8-9,11-12H2,1-2H3,(H,23,25)(H,28,29). The molecular weight excluding hydrogens is 384 g/mol. The van der Waals surface area contributed by atoms with Crippen LogP contribution in [0.1, 0.15) is 51.0 Å². The second-order valence-electron chi connectivity index (χ2n) is 9.44. The van der Waals surface area contributed by atoms with Crippen molar-refractivity contribution in [2.75, 3.05) is 36.9 Å². The van der Waals surface area contributed by atoms with Crippen LogP contribution < -0.4 is 10.6 Å². The molecule has 2 saturated heterocycles. The summed E-state index contributed by atoms with van der Waals surface area (Å²) in [5.41, 5.74) is 2.19. The molecule has 1 saturated carbocycles. The van der Waals surface area contributed by atoms with Crippen molar-refractivity contribution in [2.24, 2.45) is 5.41 Å². The van der Waals surface area contributed by atoms with Gasteiger partial charge in [-0.3, -0.25) is 0 Å². The minimum Gasteiger partial charge on any atom is -0.465 e. The molecule has 162 valence electrons.